The van der Waals surface area contributed by atoms with Gasteiger partial charge in [0.05, 0.1) is 24.8 Å². The van der Waals surface area contributed by atoms with Gasteiger partial charge in [0.15, 0.2) is 5.78 Å². The maximum atomic E-state index is 12.9. The number of rotatable bonds is 1. The quantitative estimate of drug-likeness (QED) is 0.701. The predicted octanol–water partition coefficient (Wildman–Crippen LogP) is 3.03. The molecule has 5 nitrogen and oxygen atoms in total. The number of benzene rings is 1. The van der Waals surface area contributed by atoms with Gasteiger partial charge in [0.25, 0.3) is 0 Å². The molecule has 3 atom stereocenters. The average Bonchev–Trinajstić information content (AvgIpc) is 3.23. The zero-order valence-electron chi connectivity index (χ0n) is 13.2. The molecule has 0 amide bonds. The first-order valence-electron chi connectivity index (χ1n) is 8.10. The Morgan fingerprint density at radius 2 is 2.08 bits per heavy atom. The number of esters is 1. The maximum absolute atomic E-state index is 12.9. The van der Waals surface area contributed by atoms with Crippen molar-refractivity contribution in [2.24, 2.45) is 5.92 Å². The number of nitrogens with zero attached hydrogens (tertiary/aromatic N) is 1. The molecule has 0 radical (unpaired) electrons. The fraction of sp³-hybridized carbons (Fsp3) is 0.263. The van der Waals surface area contributed by atoms with E-state index in [2.05, 4.69) is 4.98 Å². The van der Waals surface area contributed by atoms with Crippen molar-refractivity contribution in [1.29, 1.82) is 0 Å². The van der Waals surface area contributed by atoms with Crippen molar-refractivity contribution in [3.8, 4) is 0 Å². The van der Waals surface area contributed by atoms with Crippen molar-refractivity contribution in [3.05, 3.63) is 59.5 Å². The molecular formula is C19H16N2O3. The standard InChI is InChI=1S/C19H16N2O3/c1-24-19(23)16-11-9-14(21-8-4-7-13(21)18(11)22)17-15(16)10-5-2-3-6-12(10)20-17/h2-8,11,14,16,20H,9H2,1H3/t11-,14+,16+/m0/s1. The van der Waals surface area contributed by atoms with Gasteiger partial charge >= 0.3 is 5.97 Å². The van der Waals surface area contributed by atoms with Crippen LogP contribution in [0.5, 0.6) is 0 Å². The molecule has 3 heterocycles. The third-order valence-corrected chi connectivity index (χ3v) is 5.46. The number of nitrogens with one attached hydrogen (secondary N) is 1. The van der Waals surface area contributed by atoms with Gasteiger partial charge in [0.1, 0.15) is 0 Å². The summed E-state index contributed by atoms with van der Waals surface area (Å²) in [4.78, 5) is 29.0. The van der Waals surface area contributed by atoms with E-state index in [4.69, 9.17) is 4.74 Å². The van der Waals surface area contributed by atoms with Crippen LogP contribution in [0.1, 0.15) is 40.1 Å². The molecule has 24 heavy (non-hydrogen) atoms. The van der Waals surface area contributed by atoms with E-state index in [9.17, 15) is 9.59 Å². The molecule has 0 spiro atoms. The number of hydrogen-bond donors (Lipinski definition) is 1. The Morgan fingerprint density at radius 3 is 2.92 bits per heavy atom. The van der Waals surface area contributed by atoms with E-state index >= 15 is 0 Å². The van der Waals surface area contributed by atoms with Crippen LogP contribution in [0.25, 0.3) is 10.9 Å². The van der Waals surface area contributed by atoms with Crippen molar-refractivity contribution in [3.63, 3.8) is 0 Å². The molecule has 0 fully saturated rings. The van der Waals surface area contributed by atoms with Gasteiger partial charge in [-0.15, -0.1) is 0 Å². The lowest BCUT2D eigenvalue weighted by molar-refractivity contribution is -0.143. The lowest BCUT2D eigenvalue weighted by Crippen LogP contribution is -2.41. The monoisotopic (exact) mass is 320 g/mol. The summed E-state index contributed by atoms with van der Waals surface area (Å²) in [6, 6.07) is 11.7. The molecule has 2 bridgehead atoms. The van der Waals surface area contributed by atoms with E-state index in [0.29, 0.717) is 12.1 Å². The Labute approximate surface area is 138 Å². The average molecular weight is 320 g/mol. The van der Waals surface area contributed by atoms with Crippen LogP contribution in [0, 0.1) is 5.92 Å². The molecule has 120 valence electrons. The molecule has 3 aromatic rings. The number of Topliss-reactive ketones (excluding diaryl/α,β-unsaturated/α-hetero) is 1. The number of aromatic amines is 1. The number of aromatic nitrogens is 2. The molecule has 0 saturated heterocycles. The van der Waals surface area contributed by atoms with Crippen LogP contribution >= 0.6 is 0 Å². The summed E-state index contributed by atoms with van der Waals surface area (Å²) in [5, 5.41) is 1.00. The molecule has 2 aliphatic rings. The van der Waals surface area contributed by atoms with E-state index in [-0.39, 0.29) is 23.7 Å². The minimum Gasteiger partial charge on any atom is -0.469 e. The molecule has 5 rings (SSSR count). The Bertz CT molecular complexity index is 997. The molecule has 0 unspecified atom stereocenters. The van der Waals surface area contributed by atoms with Crippen LogP contribution in [0.2, 0.25) is 0 Å². The molecule has 5 heteroatoms. The Kier molecular flexibility index (Phi) is 2.61. The molecule has 2 aromatic heterocycles. The van der Waals surface area contributed by atoms with Crippen molar-refractivity contribution in [1.82, 2.24) is 9.55 Å². The topological polar surface area (TPSA) is 64.1 Å². The highest BCUT2D eigenvalue weighted by Crippen LogP contribution is 2.50. The maximum Gasteiger partial charge on any atom is 0.313 e. The molecule has 1 aliphatic heterocycles. The number of hydrogen-bond acceptors (Lipinski definition) is 3. The van der Waals surface area contributed by atoms with Crippen LogP contribution in [0.3, 0.4) is 0 Å². The van der Waals surface area contributed by atoms with Gasteiger partial charge in [-0.2, -0.15) is 0 Å². The van der Waals surface area contributed by atoms with E-state index in [1.165, 1.54) is 7.11 Å². The molecule has 1 aromatic carbocycles. The molecular weight excluding hydrogens is 304 g/mol. The summed E-state index contributed by atoms with van der Waals surface area (Å²) in [5.74, 6) is -1.22. The van der Waals surface area contributed by atoms with Gasteiger partial charge in [-0.05, 0) is 30.2 Å². The number of fused-ring (bicyclic) bond motifs is 8. The molecule has 0 saturated carbocycles. The van der Waals surface area contributed by atoms with E-state index in [0.717, 1.165) is 22.2 Å². The van der Waals surface area contributed by atoms with Crippen molar-refractivity contribution in [2.75, 3.05) is 7.11 Å². The van der Waals surface area contributed by atoms with E-state index in [1.807, 2.05) is 47.2 Å². The zero-order valence-corrected chi connectivity index (χ0v) is 13.2. The summed E-state index contributed by atoms with van der Waals surface area (Å²) >= 11 is 0. The van der Waals surface area contributed by atoms with Crippen molar-refractivity contribution in [2.45, 2.75) is 18.4 Å². The van der Waals surface area contributed by atoms with Gasteiger partial charge < -0.3 is 14.3 Å². The van der Waals surface area contributed by atoms with Crippen LogP contribution in [-0.4, -0.2) is 28.4 Å². The second kappa shape index (κ2) is 4.60. The predicted molar refractivity (Wildman–Crippen MR) is 88.1 cm³/mol. The smallest absolute Gasteiger partial charge is 0.313 e. The normalized spacial score (nSPS) is 24.5. The first-order valence-corrected chi connectivity index (χ1v) is 8.10. The molecule has 1 aliphatic carbocycles. The highest BCUT2D eigenvalue weighted by Gasteiger charge is 2.49. The van der Waals surface area contributed by atoms with Gasteiger partial charge in [0.2, 0.25) is 0 Å². The minimum absolute atomic E-state index is 0.0302. The first kappa shape index (κ1) is 13.6. The third-order valence-electron chi connectivity index (χ3n) is 5.46. The van der Waals surface area contributed by atoms with Crippen LogP contribution in [0.15, 0.2) is 42.6 Å². The van der Waals surface area contributed by atoms with E-state index in [1.54, 1.807) is 0 Å². The van der Waals surface area contributed by atoms with Crippen LogP contribution in [-0.2, 0) is 9.53 Å². The largest absolute Gasteiger partial charge is 0.469 e. The zero-order chi connectivity index (χ0) is 16.4. The summed E-state index contributed by atoms with van der Waals surface area (Å²) in [6.45, 7) is 0. The second-order valence-electron chi connectivity index (χ2n) is 6.52. The Balaban J connectivity index is 1.86. The van der Waals surface area contributed by atoms with Gasteiger partial charge in [-0.1, -0.05) is 18.2 Å². The molecule has 1 N–H and O–H groups in total. The number of carbonyl (C=O) groups is 2. The summed E-state index contributed by atoms with van der Waals surface area (Å²) in [7, 11) is 1.39. The Morgan fingerprint density at radius 1 is 1.25 bits per heavy atom. The minimum atomic E-state index is -0.548. The second-order valence-corrected chi connectivity index (χ2v) is 6.52. The van der Waals surface area contributed by atoms with Gasteiger partial charge in [0, 0.05) is 28.7 Å². The summed E-state index contributed by atoms with van der Waals surface area (Å²) in [6.07, 6.45) is 2.57. The number of carbonyl (C=O) groups excluding carboxylic acids is 2. The van der Waals surface area contributed by atoms with Crippen LogP contribution < -0.4 is 0 Å². The lowest BCUT2D eigenvalue weighted by Gasteiger charge is -2.39. The van der Waals surface area contributed by atoms with Crippen molar-refractivity contribution >= 4 is 22.7 Å². The highest BCUT2D eigenvalue weighted by molar-refractivity contribution is 6.03. The Hall–Kier alpha value is -2.82. The van der Waals surface area contributed by atoms with Gasteiger partial charge in [-0.3, -0.25) is 9.59 Å². The SMILES string of the molecule is COC(=O)[C@H]1c2c([nH]c3ccccc23)[C@H]2C[C@@H]1C(=O)c1cccn12. The lowest BCUT2D eigenvalue weighted by atomic mass is 9.70. The summed E-state index contributed by atoms with van der Waals surface area (Å²) < 4.78 is 7.09. The number of ketones is 1. The number of ether oxygens (including phenoxy) is 1. The fourth-order valence-electron chi connectivity index (χ4n) is 4.46. The number of H-pyrrole nitrogens is 1. The first-order chi connectivity index (χ1) is 11.7. The van der Waals surface area contributed by atoms with Crippen molar-refractivity contribution < 1.29 is 14.3 Å². The number of methoxy groups -OCH3 is 1. The van der Waals surface area contributed by atoms with E-state index < -0.39 is 5.92 Å². The van der Waals surface area contributed by atoms with Gasteiger partial charge in [-0.25, -0.2) is 0 Å². The fourth-order valence-corrected chi connectivity index (χ4v) is 4.46. The third kappa shape index (κ3) is 1.54. The highest BCUT2D eigenvalue weighted by atomic mass is 16.5. The number of para-hydroxylation sites is 1. The summed E-state index contributed by atoms with van der Waals surface area (Å²) in [5.41, 5.74) is 3.61. The van der Waals surface area contributed by atoms with Crippen LogP contribution in [0.4, 0.5) is 0 Å².